The van der Waals surface area contributed by atoms with Crippen LogP contribution in [0.3, 0.4) is 0 Å². The number of esters is 2. The average Bonchev–Trinajstić information content (AvgIpc) is 2.80. The summed E-state index contributed by atoms with van der Waals surface area (Å²) in [6.07, 6.45) is 7.51. The highest BCUT2D eigenvalue weighted by Crippen LogP contribution is 2.60. The van der Waals surface area contributed by atoms with Gasteiger partial charge in [-0.25, -0.2) is 14.6 Å². The van der Waals surface area contributed by atoms with Gasteiger partial charge >= 0.3 is 11.9 Å². The van der Waals surface area contributed by atoms with Gasteiger partial charge in [-0.1, -0.05) is 11.3 Å². The van der Waals surface area contributed by atoms with Crippen LogP contribution in [0.5, 0.6) is 0 Å². The maximum absolute atomic E-state index is 13.3. The first-order valence-corrected chi connectivity index (χ1v) is 12.8. The van der Waals surface area contributed by atoms with Crippen LogP contribution in [-0.2, 0) is 16.0 Å². The molecule has 0 saturated heterocycles. The van der Waals surface area contributed by atoms with Crippen molar-refractivity contribution >= 4 is 29.0 Å². The van der Waals surface area contributed by atoms with Gasteiger partial charge in [-0.2, -0.15) is 0 Å². The van der Waals surface area contributed by atoms with E-state index in [9.17, 15) is 14.4 Å². The van der Waals surface area contributed by atoms with Crippen LogP contribution in [0.4, 0.5) is 5.69 Å². The Kier molecular flexibility index (Phi) is 6.18. The Morgan fingerprint density at radius 2 is 1.68 bits per heavy atom. The summed E-state index contributed by atoms with van der Waals surface area (Å²) in [6, 6.07) is 8.15. The van der Waals surface area contributed by atoms with Crippen LogP contribution in [0.1, 0.15) is 65.5 Å². The van der Waals surface area contributed by atoms with Gasteiger partial charge in [0.2, 0.25) is 0 Å². The Balaban J connectivity index is 1.54. The average molecular weight is 483 g/mol. The Bertz CT molecular complexity index is 1190. The number of carbonyl (C=O) groups is 2. The van der Waals surface area contributed by atoms with Crippen LogP contribution in [0.2, 0.25) is 0 Å². The zero-order valence-corrected chi connectivity index (χ0v) is 20.4. The molecule has 0 unspecified atom stereocenters. The molecule has 4 aliphatic rings. The second kappa shape index (κ2) is 9.13. The zero-order chi connectivity index (χ0) is 23.9. The molecular formula is C26H30N2O5S. The number of benzene rings is 1. The highest BCUT2D eigenvalue weighted by atomic mass is 32.1. The number of hydrogen-bond donors (Lipinski definition) is 0. The third kappa shape index (κ3) is 4.48. The van der Waals surface area contributed by atoms with Gasteiger partial charge in [-0.15, -0.1) is 0 Å². The van der Waals surface area contributed by atoms with Crippen molar-refractivity contribution in [3.8, 4) is 0 Å². The van der Waals surface area contributed by atoms with E-state index in [4.69, 9.17) is 14.5 Å². The van der Waals surface area contributed by atoms with Gasteiger partial charge < -0.3 is 9.47 Å². The van der Waals surface area contributed by atoms with E-state index >= 15 is 0 Å². The summed E-state index contributed by atoms with van der Waals surface area (Å²) in [6.45, 7) is 2.71. The van der Waals surface area contributed by atoms with E-state index in [2.05, 4.69) is 0 Å². The molecule has 0 N–H and O–H groups in total. The first-order chi connectivity index (χ1) is 16.4. The molecule has 2 aromatic rings. The Hall–Kier alpha value is -2.74. The number of carbonyl (C=O) groups excluding carboxylic acids is 2. The predicted octanol–water partition coefficient (Wildman–Crippen LogP) is 4.32. The van der Waals surface area contributed by atoms with Gasteiger partial charge in [0.25, 0.3) is 5.56 Å². The van der Waals surface area contributed by atoms with E-state index in [-0.39, 0.29) is 21.8 Å². The number of aromatic nitrogens is 1. The van der Waals surface area contributed by atoms with E-state index in [0.29, 0.717) is 29.2 Å². The monoisotopic (exact) mass is 482 g/mol. The van der Waals surface area contributed by atoms with Crippen molar-refractivity contribution in [3.63, 3.8) is 0 Å². The SMILES string of the molecule is CCOC(=O)c1ccc(N=c2sc(C(=O)OC)cc(=O)n2CC23CC4CC(CC(C4)C2)C3)cc1. The Labute approximate surface area is 202 Å². The molecule has 4 bridgehead atoms. The summed E-state index contributed by atoms with van der Waals surface area (Å²) < 4.78 is 11.7. The molecule has 34 heavy (non-hydrogen) atoms. The van der Waals surface area contributed by atoms with Crippen LogP contribution in [-0.4, -0.2) is 30.2 Å². The van der Waals surface area contributed by atoms with Crippen molar-refractivity contribution < 1.29 is 19.1 Å². The Morgan fingerprint density at radius 3 is 2.24 bits per heavy atom. The molecule has 0 aliphatic heterocycles. The molecule has 0 amide bonds. The van der Waals surface area contributed by atoms with E-state index in [1.54, 1.807) is 35.8 Å². The maximum atomic E-state index is 13.3. The second-order valence-corrected chi connectivity index (χ2v) is 11.1. The van der Waals surface area contributed by atoms with Gasteiger partial charge in [0.15, 0.2) is 4.80 Å². The molecule has 180 valence electrons. The van der Waals surface area contributed by atoms with Crippen molar-refractivity contribution in [2.24, 2.45) is 28.2 Å². The molecular weight excluding hydrogens is 452 g/mol. The minimum Gasteiger partial charge on any atom is -0.465 e. The molecule has 1 aromatic heterocycles. The van der Waals surface area contributed by atoms with Crippen molar-refractivity contribution in [2.75, 3.05) is 13.7 Å². The van der Waals surface area contributed by atoms with Gasteiger partial charge in [-0.3, -0.25) is 9.36 Å². The fourth-order valence-corrected chi connectivity index (χ4v) is 7.65. The van der Waals surface area contributed by atoms with Gasteiger partial charge in [0.1, 0.15) is 4.88 Å². The molecule has 0 atom stereocenters. The quantitative estimate of drug-likeness (QED) is 0.572. The lowest BCUT2D eigenvalue weighted by atomic mass is 9.49. The minimum absolute atomic E-state index is 0.135. The second-order valence-electron chi connectivity index (χ2n) is 10.1. The first-order valence-electron chi connectivity index (χ1n) is 12.0. The van der Waals surface area contributed by atoms with E-state index in [1.165, 1.54) is 63.0 Å². The van der Waals surface area contributed by atoms with E-state index in [1.807, 2.05) is 0 Å². The third-order valence-electron chi connectivity index (χ3n) is 7.60. The van der Waals surface area contributed by atoms with Crippen LogP contribution in [0.25, 0.3) is 0 Å². The van der Waals surface area contributed by atoms with Crippen molar-refractivity contribution in [3.05, 3.63) is 55.9 Å². The molecule has 7 nitrogen and oxygen atoms in total. The standard InChI is InChI=1S/C26H30N2O5S/c1-3-33-23(30)19-4-6-20(7-5-19)27-25-28(22(29)11-21(34-25)24(31)32-2)15-26-12-16-8-17(13-26)10-18(9-16)14-26/h4-7,11,16-18H,3,8-10,12-15H2,1-2H3. The maximum Gasteiger partial charge on any atom is 0.348 e. The number of hydrogen-bond acceptors (Lipinski definition) is 7. The zero-order valence-electron chi connectivity index (χ0n) is 19.6. The Morgan fingerprint density at radius 1 is 1.06 bits per heavy atom. The fourth-order valence-electron chi connectivity index (χ4n) is 6.71. The molecule has 4 saturated carbocycles. The van der Waals surface area contributed by atoms with Crippen LogP contribution in [0, 0.1) is 23.2 Å². The molecule has 4 fully saturated rings. The molecule has 0 radical (unpaired) electrons. The normalized spacial score (nSPS) is 27.6. The lowest BCUT2D eigenvalue weighted by Crippen LogP contribution is -2.50. The first kappa shape index (κ1) is 23.0. The highest BCUT2D eigenvalue weighted by molar-refractivity contribution is 7.11. The lowest BCUT2D eigenvalue weighted by molar-refractivity contribution is -0.0627. The van der Waals surface area contributed by atoms with Crippen LogP contribution < -0.4 is 10.4 Å². The highest BCUT2D eigenvalue weighted by Gasteiger charge is 2.51. The number of methoxy groups -OCH3 is 1. The minimum atomic E-state index is -0.543. The van der Waals surface area contributed by atoms with E-state index < -0.39 is 5.97 Å². The van der Waals surface area contributed by atoms with Crippen molar-refractivity contribution in [1.29, 1.82) is 0 Å². The molecule has 8 heteroatoms. The number of rotatable bonds is 6. The largest absolute Gasteiger partial charge is 0.465 e. The summed E-state index contributed by atoms with van der Waals surface area (Å²) >= 11 is 1.17. The van der Waals surface area contributed by atoms with Crippen molar-refractivity contribution in [2.45, 2.75) is 52.0 Å². The predicted molar refractivity (Wildman–Crippen MR) is 128 cm³/mol. The van der Waals surface area contributed by atoms with E-state index in [0.717, 1.165) is 17.8 Å². The fraction of sp³-hybridized carbons (Fsp3) is 0.538. The van der Waals surface area contributed by atoms with Gasteiger partial charge in [-0.05, 0) is 92.9 Å². The molecule has 6 rings (SSSR count). The number of ether oxygens (including phenoxy) is 2. The van der Waals surface area contributed by atoms with Gasteiger partial charge in [0.05, 0.1) is 25.0 Å². The lowest BCUT2D eigenvalue weighted by Gasteiger charge is -2.57. The topological polar surface area (TPSA) is 87.0 Å². The summed E-state index contributed by atoms with van der Waals surface area (Å²) in [5.74, 6) is 1.39. The molecule has 4 aliphatic carbocycles. The van der Waals surface area contributed by atoms with Gasteiger partial charge in [0, 0.05) is 12.6 Å². The number of nitrogens with zero attached hydrogens (tertiary/aromatic N) is 2. The summed E-state index contributed by atoms with van der Waals surface area (Å²) in [5.41, 5.74) is 0.955. The molecule has 1 aromatic carbocycles. The third-order valence-corrected chi connectivity index (χ3v) is 8.60. The van der Waals surface area contributed by atoms with Crippen LogP contribution >= 0.6 is 11.3 Å². The van der Waals surface area contributed by atoms with Crippen molar-refractivity contribution in [1.82, 2.24) is 4.57 Å². The molecule has 1 heterocycles. The molecule has 0 spiro atoms. The summed E-state index contributed by atoms with van der Waals surface area (Å²) in [7, 11) is 1.31. The van der Waals surface area contributed by atoms with Crippen LogP contribution in [0.15, 0.2) is 40.1 Å². The smallest absolute Gasteiger partial charge is 0.348 e. The summed E-state index contributed by atoms with van der Waals surface area (Å²) in [4.78, 5) is 42.9. The summed E-state index contributed by atoms with van der Waals surface area (Å²) in [5, 5.41) is 0.